The quantitative estimate of drug-likeness (QED) is 0.864. The van der Waals surface area contributed by atoms with Gasteiger partial charge in [0.15, 0.2) is 0 Å². The Bertz CT molecular complexity index is 552. The van der Waals surface area contributed by atoms with Gasteiger partial charge in [0.25, 0.3) is 0 Å². The first-order chi connectivity index (χ1) is 8.27. The SMILES string of the molecule is CCS(=O)(=O)N(CC(N)=O)c1ccc(C)cc1C. The van der Waals surface area contributed by atoms with Crippen LogP contribution in [0.5, 0.6) is 0 Å². The normalized spacial score (nSPS) is 11.3. The molecule has 0 aliphatic carbocycles. The number of hydrogen-bond donors (Lipinski definition) is 1. The third-order valence-electron chi connectivity index (χ3n) is 2.62. The highest BCUT2D eigenvalue weighted by molar-refractivity contribution is 7.92. The molecule has 1 amide bonds. The molecule has 1 rings (SSSR count). The number of primary amides is 1. The summed E-state index contributed by atoms with van der Waals surface area (Å²) in [6, 6.07) is 5.37. The van der Waals surface area contributed by atoms with E-state index in [0.717, 1.165) is 15.4 Å². The number of benzene rings is 1. The van der Waals surface area contributed by atoms with Crippen LogP contribution >= 0.6 is 0 Å². The molecule has 2 N–H and O–H groups in total. The van der Waals surface area contributed by atoms with Gasteiger partial charge in [-0.15, -0.1) is 0 Å². The fourth-order valence-electron chi connectivity index (χ4n) is 1.72. The molecule has 0 aromatic heterocycles. The Labute approximate surface area is 108 Å². The summed E-state index contributed by atoms with van der Waals surface area (Å²) in [5.41, 5.74) is 7.45. The topological polar surface area (TPSA) is 80.5 Å². The zero-order chi connectivity index (χ0) is 13.9. The summed E-state index contributed by atoms with van der Waals surface area (Å²) in [5, 5.41) is 0. The highest BCUT2D eigenvalue weighted by atomic mass is 32.2. The van der Waals surface area contributed by atoms with Crippen LogP contribution in [0.25, 0.3) is 0 Å². The third-order valence-corrected chi connectivity index (χ3v) is 4.35. The number of aryl methyl sites for hydroxylation is 2. The molecule has 0 spiro atoms. The Morgan fingerprint density at radius 1 is 1.33 bits per heavy atom. The number of amides is 1. The molecule has 6 heteroatoms. The Morgan fingerprint density at radius 2 is 1.94 bits per heavy atom. The molecule has 0 atom stereocenters. The van der Waals surface area contributed by atoms with Gasteiger partial charge in [0.2, 0.25) is 15.9 Å². The van der Waals surface area contributed by atoms with E-state index < -0.39 is 15.9 Å². The molecule has 0 unspecified atom stereocenters. The molecule has 1 aromatic rings. The van der Waals surface area contributed by atoms with Gasteiger partial charge in [0.1, 0.15) is 6.54 Å². The minimum Gasteiger partial charge on any atom is -0.368 e. The lowest BCUT2D eigenvalue weighted by Gasteiger charge is -2.24. The number of carbonyl (C=O) groups is 1. The zero-order valence-corrected chi connectivity index (χ0v) is 11.6. The van der Waals surface area contributed by atoms with Crippen LogP contribution < -0.4 is 10.0 Å². The van der Waals surface area contributed by atoms with Crippen molar-refractivity contribution in [3.8, 4) is 0 Å². The number of nitrogens with two attached hydrogens (primary N) is 1. The molecule has 0 aliphatic rings. The van der Waals surface area contributed by atoms with Gasteiger partial charge in [-0.3, -0.25) is 9.10 Å². The lowest BCUT2D eigenvalue weighted by molar-refractivity contribution is -0.116. The molecule has 0 aliphatic heterocycles. The summed E-state index contributed by atoms with van der Waals surface area (Å²) >= 11 is 0. The molecule has 18 heavy (non-hydrogen) atoms. The Morgan fingerprint density at radius 3 is 2.39 bits per heavy atom. The number of carbonyl (C=O) groups excluding carboxylic acids is 1. The third kappa shape index (κ3) is 3.22. The standard InChI is InChI=1S/C12H18N2O3S/c1-4-18(16,17)14(8-12(13)15)11-6-5-9(2)7-10(11)3/h5-7H,4,8H2,1-3H3,(H2,13,15). The van der Waals surface area contributed by atoms with Gasteiger partial charge in [-0.1, -0.05) is 17.7 Å². The second-order valence-corrected chi connectivity index (χ2v) is 6.35. The van der Waals surface area contributed by atoms with Gasteiger partial charge >= 0.3 is 0 Å². The fourth-order valence-corrected chi connectivity index (χ4v) is 2.86. The molecular weight excluding hydrogens is 252 g/mol. The average molecular weight is 270 g/mol. The average Bonchev–Trinajstić information content (AvgIpc) is 2.26. The predicted octanol–water partition coefficient (Wildman–Crippen LogP) is 0.945. The molecule has 0 saturated heterocycles. The molecule has 5 nitrogen and oxygen atoms in total. The molecular formula is C12H18N2O3S. The summed E-state index contributed by atoms with van der Waals surface area (Å²) in [5.74, 6) is -0.750. The first kappa shape index (κ1) is 14.5. The molecule has 0 saturated carbocycles. The van der Waals surface area contributed by atoms with Crippen molar-refractivity contribution >= 4 is 21.6 Å². The van der Waals surface area contributed by atoms with E-state index >= 15 is 0 Å². The van der Waals surface area contributed by atoms with Crippen molar-refractivity contribution < 1.29 is 13.2 Å². The van der Waals surface area contributed by atoms with E-state index in [9.17, 15) is 13.2 Å². The summed E-state index contributed by atoms with van der Waals surface area (Å²) in [6.07, 6.45) is 0. The molecule has 0 bridgehead atoms. The predicted molar refractivity (Wildman–Crippen MR) is 71.9 cm³/mol. The summed E-state index contributed by atoms with van der Waals surface area (Å²) in [4.78, 5) is 11.0. The molecule has 0 heterocycles. The van der Waals surface area contributed by atoms with Gasteiger partial charge < -0.3 is 5.73 Å². The lowest BCUT2D eigenvalue weighted by atomic mass is 10.1. The van der Waals surface area contributed by atoms with Gasteiger partial charge in [0, 0.05) is 0 Å². The summed E-state index contributed by atoms with van der Waals surface area (Å²) < 4.78 is 25.1. The Balaban J connectivity index is 3.30. The largest absolute Gasteiger partial charge is 0.368 e. The monoisotopic (exact) mass is 270 g/mol. The zero-order valence-electron chi connectivity index (χ0n) is 10.8. The van der Waals surface area contributed by atoms with Crippen LogP contribution in [-0.2, 0) is 14.8 Å². The Kier molecular flexibility index (Phi) is 4.34. The van der Waals surface area contributed by atoms with E-state index in [-0.39, 0.29) is 12.3 Å². The smallest absolute Gasteiger partial charge is 0.238 e. The molecule has 100 valence electrons. The van der Waals surface area contributed by atoms with Crippen molar-refractivity contribution in [2.24, 2.45) is 5.73 Å². The first-order valence-corrected chi connectivity index (χ1v) is 7.25. The van der Waals surface area contributed by atoms with Crippen LogP contribution in [-0.4, -0.2) is 26.6 Å². The van der Waals surface area contributed by atoms with Crippen molar-refractivity contribution in [3.63, 3.8) is 0 Å². The van der Waals surface area contributed by atoms with E-state index in [1.54, 1.807) is 6.07 Å². The minimum atomic E-state index is -3.51. The van der Waals surface area contributed by atoms with Crippen LogP contribution in [0.3, 0.4) is 0 Å². The van der Waals surface area contributed by atoms with Gasteiger partial charge in [-0.05, 0) is 32.4 Å². The van der Waals surface area contributed by atoms with E-state index in [4.69, 9.17) is 5.73 Å². The number of sulfonamides is 1. The van der Waals surface area contributed by atoms with Gasteiger partial charge in [0.05, 0.1) is 11.4 Å². The van der Waals surface area contributed by atoms with Gasteiger partial charge in [-0.2, -0.15) is 0 Å². The Hall–Kier alpha value is -1.56. The first-order valence-electron chi connectivity index (χ1n) is 5.64. The molecule has 0 radical (unpaired) electrons. The van der Waals surface area contributed by atoms with Crippen molar-refractivity contribution in [2.75, 3.05) is 16.6 Å². The van der Waals surface area contributed by atoms with Crippen molar-refractivity contribution in [2.45, 2.75) is 20.8 Å². The second kappa shape index (κ2) is 5.39. The number of rotatable bonds is 5. The maximum atomic E-state index is 12.0. The fraction of sp³-hybridized carbons (Fsp3) is 0.417. The number of hydrogen-bond acceptors (Lipinski definition) is 3. The van der Waals surface area contributed by atoms with Crippen LogP contribution in [0.4, 0.5) is 5.69 Å². The second-order valence-electron chi connectivity index (χ2n) is 4.16. The highest BCUT2D eigenvalue weighted by Crippen LogP contribution is 2.23. The molecule has 0 fully saturated rings. The maximum Gasteiger partial charge on any atom is 0.238 e. The van der Waals surface area contributed by atoms with Crippen LogP contribution in [0.2, 0.25) is 0 Å². The van der Waals surface area contributed by atoms with E-state index in [1.807, 2.05) is 26.0 Å². The van der Waals surface area contributed by atoms with Crippen molar-refractivity contribution in [3.05, 3.63) is 29.3 Å². The highest BCUT2D eigenvalue weighted by Gasteiger charge is 2.23. The maximum absolute atomic E-state index is 12.0. The van der Waals surface area contributed by atoms with Gasteiger partial charge in [-0.25, -0.2) is 8.42 Å². The van der Waals surface area contributed by atoms with E-state index in [1.165, 1.54) is 6.92 Å². The summed E-state index contributed by atoms with van der Waals surface area (Å²) in [7, 11) is -3.51. The van der Waals surface area contributed by atoms with Crippen LogP contribution in [0.1, 0.15) is 18.1 Å². The number of nitrogens with zero attached hydrogens (tertiary/aromatic N) is 1. The minimum absolute atomic E-state index is 0.0758. The summed E-state index contributed by atoms with van der Waals surface area (Å²) in [6.45, 7) is 4.93. The van der Waals surface area contributed by atoms with E-state index in [0.29, 0.717) is 5.69 Å². The number of anilines is 1. The van der Waals surface area contributed by atoms with Crippen molar-refractivity contribution in [1.29, 1.82) is 0 Å². The van der Waals surface area contributed by atoms with Crippen LogP contribution in [0, 0.1) is 13.8 Å². The van der Waals surface area contributed by atoms with Crippen molar-refractivity contribution in [1.82, 2.24) is 0 Å². The van der Waals surface area contributed by atoms with E-state index in [2.05, 4.69) is 0 Å². The lowest BCUT2D eigenvalue weighted by Crippen LogP contribution is -2.39. The van der Waals surface area contributed by atoms with Crippen LogP contribution in [0.15, 0.2) is 18.2 Å². The molecule has 1 aromatic carbocycles.